The Kier molecular flexibility index (Phi) is 17.8. The predicted octanol–water partition coefficient (Wildman–Crippen LogP) is 5.63. The van der Waals surface area contributed by atoms with Gasteiger partial charge in [-0.15, -0.1) is 11.3 Å². The van der Waals surface area contributed by atoms with Crippen LogP contribution in [-0.2, 0) is 27.4 Å². The van der Waals surface area contributed by atoms with E-state index in [4.69, 9.17) is 14.5 Å². The first-order valence-corrected chi connectivity index (χ1v) is 23.4. The SMILES string of the molecule is CCCC(C)N(C)Cc1c(C=O)cccc1NC(=O)CNCCOCCN1CCC(NC(=O)c2ccc(Nc3ncc4c(n3)N(Cc3cnc(C)s3)C(CC)C(=O)N4C)c(OC)c2)CC1. The van der Waals surface area contributed by atoms with Crippen molar-refractivity contribution in [3.63, 3.8) is 0 Å². The van der Waals surface area contributed by atoms with Crippen molar-refractivity contribution >= 4 is 64.2 Å². The number of aryl methyl sites for hydroxylation is 1. The summed E-state index contributed by atoms with van der Waals surface area (Å²) in [6, 6.07) is 10.7. The quantitative estimate of drug-likeness (QED) is 0.0530. The molecule has 350 valence electrons. The maximum Gasteiger partial charge on any atom is 0.251 e. The van der Waals surface area contributed by atoms with E-state index in [1.807, 2.05) is 38.1 Å². The van der Waals surface area contributed by atoms with Crippen LogP contribution in [0.3, 0.4) is 0 Å². The number of likely N-dealkylation sites (tertiary alicyclic amines) is 1. The average molecular weight is 912 g/mol. The largest absolute Gasteiger partial charge is 0.495 e. The van der Waals surface area contributed by atoms with Crippen molar-refractivity contribution in [2.75, 3.05) is 87.6 Å². The van der Waals surface area contributed by atoms with E-state index >= 15 is 0 Å². The molecular weight excluding hydrogens is 847 g/mol. The molecule has 2 unspecified atom stereocenters. The summed E-state index contributed by atoms with van der Waals surface area (Å²) in [7, 11) is 5.34. The lowest BCUT2D eigenvalue weighted by Gasteiger charge is -2.40. The number of carbonyl (C=O) groups is 4. The zero-order valence-electron chi connectivity index (χ0n) is 38.8. The molecule has 17 nitrogen and oxygen atoms in total. The van der Waals surface area contributed by atoms with Crippen molar-refractivity contribution in [2.24, 2.45) is 0 Å². The van der Waals surface area contributed by atoms with Crippen LogP contribution in [0.2, 0.25) is 0 Å². The summed E-state index contributed by atoms with van der Waals surface area (Å²) in [5.74, 6) is 1.09. The van der Waals surface area contributed by atoms with E-state index in [1.165, 1.54) is 0 Å². The van der Waals surface area contributed by atoms with Gasteiger partial charge in [-0.1, -0.05) is 32.4 Å². The fourth-order valence-corrected chi connectivity index (χ4v) is 9.03. The number of hydrogen-bond acceptors (Lipinski definition) is 15. The topological polar surface area (TPSA) is 186 Å². The second kappa shape index (κ2) is 23.6. The van der Waals surface area contributed by atoms with Crippen molar-refractivity contribution in [2.45, 2.75) is 91.0 Å². The van der Waals surface area contributed by atoms with Crippen LogP contribution < -0.4 is 35.8 Å². The van der Waals surface area contributed by atoms with Gasteiger partial charge in [0.1, 0.15) is 23.8 Å². The number of aldehydes is 1. The number of hydrogen-bond donors (Lipinski definition) is 4. The molecule has 3 amide bonds. The van der Waals surface area contributed by atoms with Crippen LogP contribution in [0.4, 0.5) is 28.8 Å². The van der Waals surface area contributed by atoms with Gasteiger partial charge in [-0.3, -0.25) is 24.1 Å². The van der Waals surface area contributed by atoms with Gasteiger partial charge in [-0.25, -0.2) is 9.97 Å². The zero-order chi connectivity index (χ0) is 46.5. The maximum absolute atomic E-state index is 13.4. The highest BCUT2D eigenvalue weighted by Gasteiger charge is 2.37. The number of benzene rings is 2. The molecule has 2 aromatic heterocycles. The van der Waals surface area contributed by atoms with E-state index in [-0.39, 0.29) is 36.3 Å². The van der Waals surface area contributed by atoms with Gasteiger partial charge in [0, 0.05) is 85.3 Å². The number of aromatic nitrogens is 3. The second-order valence-electron chi connectivity index (χ2n) is 16.7. The number of rotatable bonds is 23. The molecule has 65 heavy (non-hydrogen) atoms. The van der Waals surface area contributed by atoms with E-state index in [0.717, 1.165) is 67.1 Å². The van der Waals surface area contributed by atoms with Gasteiger partial charge in [0.25, 0.3) is 5.91 Å². The summed E-state index contributed by atoms with van der Waals surface area (Å²) in [6.07, 6.45) is 8.72. The molecule has 2 aromatic carbocycles. The molecule has 0 saturated carbocycles. The summed E-state index contributed by atoms with van der Waals surface area (Å²) in [4.78, 5) is 74.4. The highest BCUT2D eigenvalue weighted by Crippen LogP contribution is 2.37. The molecule has 1 saturated heterocycles. The molecule has 4 aromatic rings. The van der Waals surface area contributed by atoms with Crippen molar-refractivity contribution in [3.05, 3.63) is 75.4 Å². The first-order chi connectivity index (χ1) is 31.4. The third-order valence-electron chi connectivity index (χ3n) is 12.1. The van der Waals surface area contributed by atoms with Crippen molar-refractivity contribution < 1.29 is 28.7 Å². The molecule has 0 spiro atoms. The number of thiazole rings is 1. The van der Waals surface area contributed by atoms with Crippen LogP contribution >= 0.6 is 11.3 Å². The lowest BCUT2D eigenvalue weighted by Crippen LogP contribution is -2.52. The fourth-order valence-electron chi connectivity index (χ4n) is 8.24. The van der Waals surface area contributed by atoms with Crippen molar-refractivity contribution in [3.8, 4) is 5.75 Å². The number of nitrogens with zero attached hydrogens (tertiary/aromatic N) is 7. The smallest absolute Gasteiger partial charge is 0.251 e. The van der Waals surface area contributed by atoms with Gasteiger partial charge >= 0.3 is 0 Å². The van der Waals surface area contributed by atoms with Crippen LogP contribution in [0.25, 0.3) is 0 Å². The third kappa shape index (κ3) is 12.8. The van der Waals surface area contributed by atoms with E-state index in [1.54, 1.807) is 66.9 Å². The van der Waals surface area contributed by atoms with Crippen molar-refractivity contribution in [1.29, 1.82) is 0 Å². The molecule has 2 atom stereocenters. The van der Waals surface area contributed by atoms with Gasteiger partial charge in [-0.05, 0) is 70.8 Å². The Morgan fingerprint density at radius 2 is 1.88 bits per heavy atom. The minimum absolute atomic E-state index is 0.00936. The number of piperidine rings is 1. The van der Waals surface area contributed by atoms with Crippen LogP contribution in [0.1, 0.15) is 89.0 Å². The molecule has 0 aliphatic carbocycles. The molecule has 2 aliphatic rings. The Morgan fingerprint density at radius 1 is 1.08 bits per heavy atom. The van der Waals surface area contributed by atoms with E-state index < -0.39 is 0 Å². The summed E-state index contributed by atoms with van der Waals surface area (Å²) in [5.41, 5.74) is 3.76. The Bertz CT molecular complexity index is 2250. The maximum atomic E-state index is 13.4. The number of nitrogens with one attached hydrogen (secondary N) is 4. The minimum atomic E-state index is -0.382. The molecule has 0 bridgehead atoms. The monoisotopic (exact) mass is 911 g/mol. The molecule has 4 heterocycles. The van der Waals surface area contributed by atoms with E-state index in [0.29, 0.717) is 91.0 Å². The van der Waals surface area contributed by atoms with Crippen molar-refractivity contribution in [1.82, 2.24) is 35.4 Å². The van der Waals surface area contributed by atoms with Gasteiger partial charge in [-0.2, -0.15) is 4.98 Å². The molecule has 0 radical (unpaired) electrons. The predicted molar refractivity (Wildman–Crippen MR) is 256 cm³/mol. The van der Waals surface area contributed by atoms with Crippen LogP contribution in [0, 0.1) is 6.92 Å². The lowest BCUT2D eigenvalue weighted by molar-refractivity contribution is -0.120. The molecule has 4 N–H and O–H groups in total. The number of methoxy groups -OCH3 is 1. The standard InChI is InChI=1S/C47H65N11O6S/c1-8-11-31(3)55(5)29-37-34(30-59)12-10-13-38(37)52-43(60)27-48-18-22-64-23-21-57-19-16-35(17-20-57)51-45(61)33-14-15-39(42(24-33)63-7)53-47-50-26-41-44(54-47)58(28-36-25-49-32(4)65-36)40(9-2)46(62)56(41)6/h10,12-15,24-26,30-31,35,40,48H,8-9,11,16-23,27-29H2,1-7H3,(H,51,61)(H,52,60)(H,50,53,54). The summed E-state index contributed by atoms with van der Waals surface area (Å²) >= 11 is 1.60. The van der Waals surface area contributed by atoms with Crippen LogP contribution in [0.15, 0.2) is 48.8 Å². The van der Waals surface area contributed by atoms with Gasteiger partial charge in [0.15, 0.2) is 5.82 Å². The highest BCUT2D eigenvalue weighted by atomic mass is 32.1. The summed E-state index contributed by atoms with van der Waals surface area (Å²) < 4.78 is 11.6. The lowest BCUT2D eigenvalue weighted by atomic mass is 10.0. The van der Waals surface area contributed by atoms with Gasteiger partial charge in [0.2, 0.25) is 17.8 Å². The number of likely N-dealkylation sites (N-methyl/N-ethyl adjacent to an activating group) is 1. The molecular formula is C47H65N11O6S. The minimum Gasteiger partial charge on any atom is -0.495 e. The zero-order valence-corrected chi connectivity index (χ0v) is 39.6. The summed E-state index contributed by atoms with van der Waals surface area (Å²) in [6.45, 7) is 13.5. The number of fused-ring (bicyclic) bond motifs is 1. The first-order valence-electron chi connectivity index (χ1n) is 22.6. The normalized spacial score (nSPS) is 16.1. The Labute approximate surface area is 386 Å². The summed E-state index contributed by atoms with van der Waals surface area (Å²) in [5, 5.41) is 13.6. The third-order valence-corrected chi connectivity index (χ3v) is 13.0. The number of amides is 3. The van der Waals surface area contributed by atoms with E-state index in [9.17, 15) is 19.2 Å². The van der Waals surface area contributed by atoms with Gasteiger partial charge in [0.05, 0.1) is 50.3 Å². The number of ether oxygens (including phenoxy) is 2. The van der Waals surface area contributed by atoms with Crippen LogP contribution in [-0.4, -0.2) is 134 Å². The molecule has 2 aliphatic heterocycles. The molecule has 6 rings (SSSR count). The second-order valence-corrected chi connectivity index (χ2v) is 18.0. The highest BCUT2D eigenvalue weighted by molar-refractivity contribution is 7.11. The first kappa shape index (κ1) is 48.9. The molecule has 1 fully saturated rings. The van der Waals surface area contributed by atoms with E-state index in [2.05, 4.69) is 54.9 Å². The Balaban J connectivity index is 0.913. The van der Waals surface area contributed by atoms with Gasteiger partial charge < -0.3 is 45.4 Å². The fraction of sp³-hybridized carbons (Fsp3) is 0.511. The molecule has 18 heteroatoms. The number of carbonyl (C=O) groups excluding carboxylic acids is 4. The Morgan fingerprint density at radius 3 is 2.58 bits per heavy atom. The van der Waals surface area contributed by atoms with Crippen LogP contribution in [0.5, 0.6) is 5.75 Å². The Hall–Kier alpha value is -5.53. The number of anilines is 5. The average Bonchev–Trinajstić information content (AvgIpc) is 3.72.